The maximum atomic E-state index is 13.2. The van der Waals surface area contributed by atoms with Crippen molar-refractivity contribution in [1.29, 1.82) is 0 Å². The van der Waals surface area contributed by atoms with Gasteiger partial charge >= 0.3 is 0 Å². The number of nitro groups is 1. The van der Waals surface area contributed by atoms with Gasteiger partial charge in [0.05, 0.1) is 23.7 Å². The highest BCUT2D eigenvalue weighted by atomic mass is 28.4. The highest BCUT2D eigenvalue weighted by Gasteiger charge is 2.41. The molecule has 0 spiro atoms. The number of amides is 1. The van der Waals surface area contributed by atoms with Gasteiger partial charge in [-0.25, -0.2) is 0 Å². The van der Waals surface area contributed by atoms with Crippen molar-refractivity contribution in [2.75, 3.05) is 13.2 Å². The molecule has 0 radical (unpaired) electrons. The van der Waals surface area contributed by atoms with E-state index in [0.29, 0.717) is 13.0 Å². The van der Waals surface area contributed by atoms with Gasteiger partial charge in [0.15, 0.2) is 8.32 Å². The fourth-order valence-corrected chi connectivity index (χ4v) is 4.14. The molecule has 1 N–H and O–H groups in total. The van der Waals surface area contributed by atoms with Gasteiger partial charge in [-0.05, 0) is 55.6 Å². The fourth-order valence-electron chi connectivity index (χ4n) is 3.10. The lowest BCUT2D eigenvalue weighted by molar-refractivity contribution is -0.385. The number of hydrogen-bond donors (Lipinski definition) is 1. The van der Waals surface area contributed by atoms with E-state index >= 15 is 0 Å². The minimum absolute atomic E-state index is 0.0336. The number of β-amino-alcohol motifs (C(OH)–C–C–N with tert-alkyl or cyclic N) is 1. The molecule has 7 nitrogen and oxygen atoms in total. The maximum Gasteiger partial charge on any atom is 0.282 e. The number of likely N-dealkylation sites (tertiary alicyclic amines) is 1. The second kappa shape index (κ2) is 7.92. The van der Waals surface area contributed by atoms with E-state index in [2.05, 4.69) is 33.9 Å². The molecule has 1 aromatic carbocycles. The average Bonchev–Trinajstić information content (AvgIpc) is 2.94. The number of nitro benzene ring substituents is 1. The number of carbonyl (C=O) groups excluding carboxylic acids is 1. The summed E-state index contributed by atoms with van der Waals surface area (Å²) in [6.07, 6.45) is -0.235. The van der Waals surface area contributed by atoms with Crippen LogP contribution in [0.5, 0.6) is 0 Å². The van der Waals surface area contributed by atoms with Crippen molar-refractivity contribution < 1.29 is 19.3 Å². The van der Waals surface area contributed by atoms with Gasteiger partial charge in [0.2, 0.25) is 0 Å². The summed E-state index contributed by atoms with van der Waals surface area (Å²) < 4.78 is 6.26. The number of aliphatic hydroxyl groups is 1. The molecule has 1 aliphatic heterocycles. The van der Waals surface area contributed by atoms with Gasteiger partial charge in [0.25, 0.3) is 11.6 Å². The van der Waals surface area contributed by atoms with Gasteiger partial charge in [-0.1, -0.05) is 20.8 Å². The zero-order chi connectivity index (χ0) is 21.4. The maximum absolute atomic E-state index is 13.2. The third-order valence-electron chi connectivity index (χ3n) is 6.14. The van der Waals surface area contributed by atoms with Gasteiger partial charge in [0, 0.05) is 12.6 Å². The molecular formula is C20H32N2O5Si. The number of aliphatic hydroxyl groups excluding tert-OH is 1. The van der Waals surface area contributed by atoms with Crippen molar-refractivity contribution in [1.82, 2.24) is 4.90 Å². The van der Waals surface area contributed by atoms with Crippen LogP contribution in [0.15, 0.2) is 12.1 Å². The van der Waals surface area contributed by atoms with Crippen molar-refractivity contribution >= 4 is 19.9 Å². The zero-order valence-electron chi connectivity index (χ0n) is 17.9. The number of aryl methyl sites for hydroxylation is 2. The molecule has 0 unspecified atom stereocenters. The second-order valence-corrected chi connectivity index (χ2v) is 14.1. The van der Waals surface area contributed by atoms with E-state index in [0.717, 1.165) is 11.1 Å². The van der Waals surface area contributed by atoms with E-state index in [4.69, 9.17) is 4.43 Å². The number of hydrogen-bond acceptors (Lipinski definition) is 5. The molecular weight excluding hydrogens is 376 g/mol. The Morgan fingerprint density at radius 3 is 2.43 bits per heavy atom. The van der Waals surface area contributed by atoms with E-state index in [-0.39, 0.29) is 28.9 Å². The topological polar surface area (TPSA) is 92.9 Å². The summed E-state index contributed by atoms with van der Waals surface area (Å²) in [6.45, 7) is 14.8. The molecule has 1 aliphatic rings. The first-order valence-electron chi connectivity index (χ1n) is 9.63. The Morgan fingerprint density at radius 2 is 1.89 bits per heavy atom. The molecule has 0 bridgehead atoms. The van der Waals surface area contributed by atoms with Crippen LogP contribution in [0.25, 0.3) is 0 Å². The summed E-state index contributed by atoms with van der Waals surface area (Å²) in [5.74, 6) is -0.421. The summed E-state index contributed by atoms with van der Waals surface area (Å²) in [5.41, 5.74) is 1.46. The summed E-state index contributed by atoms with van der Waals surface area (Å²) in [5, 5.41) is 21.7. The van der Waals surface area contributed by atoms with E-state index in [1.54, 1.807) is 13.0 Å². The van der Waals surface area contributed by atoms with E-state index < -0.39 is 25.3 Å². The molecule has 2 rings (SSSR count). The van der Waals surface area contributed by atoms with E-state index in [9.17, 15) is 20.0 Å². The van der Waals surface area contributed by atoms with Crippen LogP contribution in [0.1, 0.15) is 48.7 Å². The predicted molar refractivity (Wildman–Crippen MR) is 111 cm³/mol. The van der Waals surface area contributed by atoms with Crippen LogP contribution in [0, 0.1) is 24.0 Å². The van der Waals surface area contributed by atoms with Crippen molar-refractivity contribution in [2.45, 2.75) is 71.3 Å². The molecule has 0 saturated carbocycles. The lowest BCUT2D eigenvalue weighted by Crippen LogP contribution is -2.46. The highest BCUT2D eigenvalue weighted by Crippen LogP contribution is 2.37. The van der Waals surface area contributed by atoms with Gasteiger partial charge in [-0.15, -0.1) is 0 Å². The smallest absolute Gasteiger partial charge is 0.282 e. The Bertz CT molecular complexity index is 773. The molecule has 156 valence electrons. The number of benzene rings is 1. The number of rotatable bonds is 5. The van der Waals surface area contributed by atoms with Crippen LogP contribution >= 0.6 is 0 Å². The van der Waals surface area contributed by atoms with Crippen LogP contribution in [0.3, 0.4) is 0 Å². The molecule has 2 atom stereocenters. The van der Waals surface area contributed by atoms with Gasteiger partial charge in [-0.2, -0.15) is 0 Å². The molecule has 0 aliphatic carbocycles. The predicted octanol–water partition coefficient (Wildman–Crippen LogP) is 3.81. The first kappa shape index (κ1) is 22.5. The molecule has 0 aromatic heterocycles. The molecule has 1 amide bonds. The Labute approximate surface area is 168 Å². The Kier molecular flexibility index (Phi) is 6.37. The van der Waals surface area contributed by atoms with Gasteiger partial charge in [-0.3, -0.25) is 14.9 Å². The lowest BCUT2D eigenvalue weighted by Gasteiger charge is -2.38. The summed E-state index contributed by atoms with van der Waals surface area (Å²) in [6, 6.07) is 2.72. The van der Waals surface area contributed by atoms with Crippen molar-refractivity contribution in [3.63, 3.8) is 0 Å². The Balaban J connectivity index is 2.29. The first-order chi connectivity index (χ1) is 12.7. The minimum Gasteiger partial charge on any atom is -0.415 e. The quantitative estimate of drug-likeness (QED) is 0.454. The SMILES string of the molecule is Cc1cc(C(=O)N2C[C@H](O)C[C@H]2CO[Si](C)(C)C(C)(C)C)c([N+](=O)[O-])cc1C. The summed E-state index contributed by atoms with van der Waals surface area (Å²) in [7, 11) is -2.01. The zero-order valence-corrected chi connectivity index (χ0v) is 18.9. The first-order valence-corrected chi connectivity index (χ1v) is 12.5. The Hall–Kier alpha value is -1.77. The number of nitrogens with zero attached hydrogens (tertiary/aromatic N) is 2. The molecule has 1 heterocycles. The molecule has 28 heavy (non-hydrogen) atoms. The normalized spacial score (nSPS) is 20.5. The Morgan fingerprint density at radius 1 is 1.32 bits per heavy atom. The van der Waals surface area contributed by atoms with Crippen molar-refractivity contribution in [3.8, 4) is 0 Å². The van der Waals surface area contributed by atoms with E-state index in [1.165, 1.54) is 11.0 Å². The summed E-state index contributed by atoms with van der Waals surface area (Å²) >= 11 is 0. The van der Waals surface area contributed by atoms with Crippen LogP contribution in [-0.4, -0.2) is 54.5 Å². The third kappa shape index (κ3) is 4.61. The highest BCUT2D eigenvalue weighted by molar-refractivity contribution is 6.74. The largest absolute Gasteiger partial charge is 0.415 e. The van der Waals surface area contributed by atoms with Crippen LogP contribution in [0.4, 0.5) is 5.69 Å². The minimum atomic E-state index is -2.01. The van der Waals surface area contributed by atoms with Crippen LogP contribution < -0.4 is 0 Å². The monoisotopic (exact) mass is 408 g/mol. The van der Waals surface area contributed by atoms with Crippen molar-refractivity contribution in [3.05, 3.63) is 38.9 Å². The molecule has 1 fully saturated rings. The fraction of sp³-hybridized carbons (Fsp3) is 0.650. The van der Waals surface area contributed by atoms with Crippen molar-refractivity contribution in [2.24, 2.45) is 0 Å². The second-order valence-electron chi connectivity index (χ2n) is 9.28. The van der Waals surface area contributed by atoms with Gasteiger partial charge in [0.1, 0.15) is 5.56 Å². The third-order valence-corrected chi connectivity index (χ3v) is 10.6. The van der Waals surface area contributed by atoms with Gasteiger partial charge < -0.3 is 14.4 Å². The summed E-state index contributed by atoms with van der Waals surface area (Å²) in [4.78, 5) is 25.7. The standard InChI is InChI=1S/C20H32N2O5Si/c1-13-8-17(18(22(25)26)9-14(13)2)19(24)21-11-16(23)10-15(21)12-27-28(6,7)20(3,4)5/h8-9,15-16,23H,10-12H2,1-7H3/t15-,16+/m0/s1. The van der Waals surface area contributed by atoms with E-state index in [1.807, 2.05) is 6.92 Å². The molecule has 8 heteroatoms. The van der Waals surface area contributed by atoms with Crippen LogP contribution in [0.2, 0.25) is 18.1 Å². The average molecular weight is 409 g/mol. The number of carbonyl (C=O) groups is 1. The molecule has 1 aromatic rings. The van der Waals surface area contributed by atoms with Crippen LogP contribution in [-0.2, 0) is 4.43 Å². The molecule has 1 saturated heterocycles. The lowest BCUT2D eigenvalue weighted by atomic mass is 10.0.